The Kier molecular flexibility index (Phi) is 4.25. The molecular weight excluding hydrogens is 303 g/mol. The summed E-state index contributed by atoms with van der Waals surface area (Å²) < 4.78 is 2.22. The number of rotatable bonds is 3. The molecular formula is C9H9BrCl2N2O. The van der Waals surface area contributed by atoms with Gasteiger partial charge in [-0.05, 0) is 6.07 Å². The van der Waals surface area contributed by atoms with Gasteiger partial charge in [-0.3, -0.25) is 4.79 Å². The highest BCUT2D eigenvalue weighted by Crippen LogP contribution is 2.24. The normalized spacial score (nSPS) is 10.1. The predicted molar refractivity (Wildman–Crippen MR) is 65.8 cm³/mol. The van der Waals surface area contributed by atoms with Crippen molar-refractivity contribution in [1.82, 2.24) is 9.88 Å². The summed E-state index contributed by atoms with van der Waals surface area (Å²) in [5, 5.41) is 3.37. The average Bonchev–Trinajstić information content (AvgIpc) is 2.42. The van der Waals surface area contributed by atoms with Gasteiger partial charge < -0.3 is 9.88 Å². The highest BCUT2D eigenvalue weighted by molar-refractivity contribution is 9.11. The van der Waals surface area contributed by atoms with Crippen LogP contribution < -0.4 is 5.32 Å². The summed E-state index contributed by atoms with van der Waals surface area (Å²) in [5.41, 5.74) is 0.416. The Morgan fingerprint density at radius 2 is 2.27 bits per heavy atom. The smallest absolute Gasteiger partial charge is 0.268 e. The fraction of sp³-hybridized carbons (Fsp3) is 0.222. The first kappa shape index (κ1) is 12.6. The van der Waals surface area contributed by atoms with Crippen LogP contribution >= 0.6 is 39.1 Å². The fourth-order valence-corrected chi connectivity index (χ4v) is 1.54. The third-order valence-electron chi connectivity index (χ3n) is 1.79. The Balaban J connectivity index is 2.83. The van der Waals surface area contributed by atoms with Crippen LogP contribution in [0.5, 0.6) is 0 Å². The van der Waals surface area contributed by atoms with Crippen molar-refractivity contribution in [2.75, 3.05) is 6.54 Å². The van der Waals surface area contributed by atoms with Gasteiger partial charge in [0.15, 0.2) is 0 Å². The zero-order valence-corrected chi connectivity index (χ0v) is 11.1. The van der Waals surface area contributed by atoms with E-state index in [9.17, 15) is 4.79 Å². The maximum Gasteiger partial charge on any atom is 0.268 e. The number of nitrogens with one attached hydrogen (secondary N) is 1. The van der Waals surface area contributed by atoms with Crippen LogP contribution in [0.1, 0.15) is 10.5 Å². The molecule has 1 N–H and O–H groups in total. The van der Waals surface area contributed by atoms with E-state index in [-0.39, 0.29) is 5.91 Å². The molecule has 0 spiro atoms. The molecule has 1 aromatic rings. The molecule has 6 heteroatoms. The van der Waals surface area contributed by atoms with E-state index in [1.807, 2.05) is 0 Å². The lowest BCUT2D eigenvalue weighted by Crippen LogP contribution is -2.26. The van der Waals surface area contributed by atoms with E-state index in [0.29, 0.717) is 26.9 Å². The molecule has 0 aliphatic rings. The molecule has 0 aromatic carbocycles. The van der Waals surface area contributed by atoms with Crippen LogP contribution in [0.25, 0.3) is 0 Å². The second kappa shape index (κ2) is 5.05. The van der Waals surface area contributed by atoms with Gasteiger partial charge in [-0.15, -0.1) is 0 Å². The summed E-state index contributed by atoms with van der Waals surface area (Å²) >= 11 is 14.8. The SMILES string of the molecule is C=C(Br)CNC(=O)c1cc(Cl)c(Cl)n1C. The lowest BCUT2D eigenvalue weighted by molar-refractivity contribution is 0.0949. The number of carbonyl (C=O) groups excluding carboxylic acids is 1. The number of nitrogens with zero attached hydrogens (tertiary/aromatic N) is 1. The van der Waals surface area contributed by atoms with Crippen LogP contribution in [-0.2, 0) is 7.05 Å². The van der Waals surface area contributed by atoms with Crippen molar-refractivity contribution in [2.24, 2.45) is 7.05 Å². The van der Waals surface area contributed by atoms with Crippen molar-refractivity contribution in [3.05, 3.63) is 33.0 Å². The number of aromatic nitrogens is 1. The summed E-state index contributed by atoms with van der Waals surface area (Å²) in [6.07, 6.45) is 0. The second-order valence-electron chi connectivity index (χ2n) is 2.93. The largest absolute Gasteiger partial charge is 0.346 e. The molecule has 3 nitrogen and oxygen atoms in total. The minimum absolute atomic E-state index is 0.244. The number of hydrogen-bond acceptors (Lipinski definition) is 1. The quantitative estimate of drug-likeness (QED) is 0.915. The third kappa shape index (κ3) is 3.00. The van der Waals surface area contributed by atoms with Crippen molar-refractivity contribution >= 4 is 45.0 Å². The predicted octanol–water partition coefficient (Wildman–Crippen LogP) is 2.97. The molecule has 1 amide bonds. The molecule has 0 atom stereocenters. The van der Waals surface area contributed by atoms with Gasteiger partial charge in [0.2, 0.25) is 0 Å². The number of amides is 1. The van der Waals surface area contributed by atoms with E-state index in [2.05, 4.69) is 27.8 Å². The molecule has 0 saturated heterocycles. The van der Waals surface area contributed by atoms with E-state index < -0.39 is 0 Å². The van der Waals surface area contributed by atoms with Crippen LogP contribution in [0.2, 0.25) is 10.2 Å². The van der Waals surface area contributed by atoms with Crippen LogP contribution in [-0.4, -0.2) is 17.0 Å². The zero-order chi connectivity index (χ0) is 11.6. The van der Waals surface area contributed by atoms with E-state index >= 15 is 0 Å². The summed E-state index contributed by atoms with van der Waals surface area (Å²) in [7, 11) is 1.67. The summed E-state index contributed by atoms with van der Waals surface area (Å²) in [4.78, 5) is 11.6. The van der Waals surface area contributed by atoms with E-state index in [1.54, 1.807) is 7.05 Å². The van der Waals surface area contributed by atoms with Gasteiger partial charge >= 0.3 is 0 Å². The number of halogens is 3. The Morgan fingerprint density at radius 3 is 2.67 bits per heavy atom. The average molecular weight is 312 g/mol. The van der Waals surface area contributed by atoms with E-state index in [1.165, 1.54) is 10.6 Å². The Labute approximate surface area is 106 Å². The topological polar surface area (TPSA) is 34.0 Å². The van der Waals surface area contributed by atoms with Gasteiger partial charge in [0.1, 0.15) is 10.8 Å². The molecule has 15 heavy (non-hydrogen) atoms. The molecule has 0 unspecified atom stereocenters. The Hall–Kier alpha value is -0.450. The molecule has 0 aliphatic heterocycles. The van der Waals surface area contributed by atoms with Crippen molar-refractivity contribution in [3.8, 4) is 0 Å². The molecule has 1 aromatic heterocycles. The number of hydrogen-bond donors (Lipinski definition) is 1. The van der Waals surface area contributed by atoms with Gasteiger partial charge in [0.05, 0.1) is 5.02 Å². The van der Waals surface area contributed by atoms with Crippen molar-refractivity contribution in [2.45, 2.75) is 0 Å². The highest BCUT2D eigenvalue weighted by Gasteiger charge is 2.15. The minimum atomic E-state index is -0.244. The second-order valence-corrected chi connectivity index (χ2v) is 4.81. The van der Waals surface area contributed by atoms with Crippen LogP contribution in [0.15, 0.2) is 17.1 Å². The molecule has 0 aliphatic carbocycles. The summed E-state index contributed by atoms with van der Waals surface area (Å²) in [6.45, 7) is 3.97. The van der Waals surface area contributed by atoms with Gasteiger partial charge in [0, 0.05) is 18.1 Å². The highest BCUT2D eigenvalue weighted by atomic mass is 79.9. The first-order valence-electron chi connectivity index (χ1n) is 4.05. The molecule has 1 heterocycles. The molecule has 0 radical (unpaired) electrons. The van der Waals surface area contributed by atoms with Gasteiger partial charge in [-0.1, -0.05) is 45.7 Å². The molecule has 82 valence electrons. The molecule has 0 saturated carbocycles. The lowest BCUT2D eigenvalue weighted by atomic mass is 10.4. The standard InChI is InChI=1S/C9H9BrCl2N2O/c1-5(10)4-13-9(15)7-3-6(11)8(12)14(7)2/h3H,1,4H2,2H3,(H,13,15). The fourth-order valence-electron chi connectivity index (χ4n) is 1.03. The van der Waals surface area contributed by atoms with Gasteiger partial charge in [-0.2, -0.15) is 0 Å². The molecule has 1 rings (SSSR count). The van der Waals surface area contributed by atoms with Crippen LogP contribution in [0.3, 0.4) is 0 Å². The first-order chi connectivity index (χ1) is 6.93. The molecule has 0 fully saturated rings. The maximum atomic E-state index is 11.6. The monoisotopic (exact) mass is 310 g/mol. The Bertz CT molecular complexity index is 414. The zero-order valence-electron chi connectivity index (χ0n) is 7.98. The summed E-state index contributed by atoms with van der Waals surface area (Å²) in [5.74, 6) is -0.244. The van der Waals surface area contributed by atoms with E-state index in [4.69, 9.17) is 23.2 Å². The molecule has 0 bridgehead atoms. The van der Waals surface area contributed by atoms with Crippen LogP contribution in [0, 0.1) is 0 Å². The van der Waals surface area contributed by atoms with Crippen molar-refractivity contribution < 1.29 is 4.79 Å². The maximum absolute atomic E-state index is 11.6. The van der Waals surface area contributed by atoms with Crippen molar-refractivity contribution in [1.29, 1.82) is 0 Å². The first-order valence-corrected chi connectivity index (χ1v) is 5.60. The number of carbonyl (C=O) groups is 1. The lowest BCUT2D eigenvalue weighted by Gasteiger charge is -2.05. The Morgan fingerprint density at radius 1 is 1.67 bits per heavy atom. The third-order valence-corrected chi connectivity index (χ3v) is 2.91. The van der Waals surface area contributed by atoms with Crippen molar-refractivity contribution in [3.63, 3.8) is 0 Å². The minimum Gasteiger partial charge on any atom is -0.346 e. The van der Waals surface area contributed by atoms with Gasteiger partial charge in [0.25, 0.3) is 5.91 Å². The van der Waals surface area contributed by atoms with Gasteiger partial charge in [-0.25, -0.2) is 0 Å². The van der Waals surface area contributed by atoms with E-state index in [0.717, 1.165) is 0 Å². The summed E-state index contributed by atoms with van der Waals surface area (Å²) in [6, 6.07) is 1.52. The van der Waals surface area contributed by atoms with Crippen LogP contribution in [0.4, 0.5) is 0 Å².